The van der Waals surface area contributed by atoms with Crippen LogP contribution in [-0.2, 0) is 17.9 Å². The second kappa shape index (κ2) is 8.03. The molecule has 10 nitrogen and oxygen atoms in total. The van der Waals surface area contributed by atoms with Gasteiger partial charge in [-0.3, -0.25) is 28.5 Å². The Balaban J connectivity index is 1.86. The number of H-pyrrole nitrogens is 1. The van der Waals surface area contributed by atoms with Crippen molar-refractivity contribution in [2.75, 3.05) is 17.7 Å². The molecule has 0 aliphatic carbocycles. The summed E-state index contributed by atoms with van der Waals surface area (Å²) in [6, 6.07) is 5.18. The molecule has 11 heteroatoms. The summed E-state index contributed by atoms with van der Waals surface area (Å²) < 4.78 is 3.25. The van der Waals surface area contributed by atoms with E-state index < -0.39 is 17.2 Å². The minimum atomic E-state index is -0.748. The van der Waals surface area contributed by atoms with Crippen LogP contribution in [0.5, 0.6) is 0 Å². The van der Waals surface area contributed by atoms with Gasteiger partial charge in [0.15, 0.2) is 5.69 Å². The molecule has 2 aromatic heterocycles. The van der Waals surface area contributed by atoms with Gasteiger partial charge < -0.3 is 10.6 Å². The van der Waals surface area contributed by atoms with E-state index in [0.717, 1.165) is 13.9 Å². The van der Waals surface area contributed by atoms with E-state index in [1.54, 1.807) is 25.1 Å². The van der Waals surface area contributed by atoms with E-state index in [4.69, 9.17) is 5.73 Å². The van der Waals surface area contributed by atoms with Crippen molar-refractivity contribution in [3.05, 3.63) is 60.2 Å². The molecule has 0 aliphatic heterocycles. The number of aromatic amines is 1. The van der Waals surface area contributed by atoms with Gasteiger partial charge in [0.05, 0.1) is 17.2 Å². The van der Waals surface area contributed by atoms with Crippen molar-refractivity contribution in [3.8, 4) is 0 Å². The summed E-state index contributed by atoms with van der Waals surface area (Å²) in [5.74, 6) is -0.531. The Hall–Kier alpha value is -3.21. The maximum absolute atomic E-state index is 12.6. The van der Waals surface area contributed by atoms with Gasteiger partial charge in [0, 0.05) is 31.0 Å². The number of carbonyl (C=O) groups is 1. The number of anilines is 2. The zero-order valence-electron chi connectivity index (χ0n) is 15.8. The van der Waals surface area contributed by atoms with E-state index in [0.29, 0.717) is 10.9 Å². The average molecular weight is 463 g/mol. The third-order valence-corrected chi connectivity index (χ3v) is 5.09. The van der Waals surface area contributed by atoms with E-state index in [1.165, 1.54) is 17.9 Å². The number of nitrogens with one attached hydrogen (secondary N) is 1. The van der Waals surface area contributed by atoms with E-state index >= 15 is 0 Å². The molecule has 0 fully saturated rings. The Morgan fingerprint density at radius 1 is 1.31 bits per heavy atom. The third-order valence-electron chi connectivity index (χ3n) is 4.59. The molecule has 3 N–H and O–H groups in total. The van der Waals surface area contributed by atoms with Crippen LogP contribution in [0, 0.1) is 0 Å². The average Bonchev–Trinajstić information content (AvgIpc) is 2.67. The Labute approximate surface area is 172 Å². The smallest absolute Gasteiger partial charge is 0.330 e. The first-order valence-electron chi connectivity index (χ1n) is 8.78. The first-order valence-corrected chi connectivity index (χ1v) is 9.57. The molecule has 3 rings (SSSR count). The van der Waals surface area contributed by atoms with Crippen molar-refractivity contribution in [3.63, 3.8) is 0 Å². The number of rotatable bonds is 5. The minimum Gasteiger partial charge on any atom is -0.383 e. The number of amides is 1. The number of nitrogens with two attached hydrogens (primary N) is 1. The van der Waals surface area contributed by atoms with Crippen LogP contribution < -0.4 is 27.4 Å². The van der Waals surface area contributed by atoms with Crippen molar-refractivity contribution in [2.45, 2.75) is 26.4 Å². The summed E-state index contributed by atoms with van der Waals surface area (Å²) >= 11 is 3.32. The predicted molar refractivity (Wildman–Crippen MR) is 113 cm³/mol. The number of nitrogens with zero attached hydrogens (tertiary/aromatic N) is 4. The first-order chi connectivity index (χ1) is 13.7. The molecule has 2 heterocycles. The van der Waals surface area contributed by atoms with Gasteiger partial charge >= 0.3 is 5.69 Å². The lowest BCUT2D eigenvalue weighted by molar-refractivity contribution is -0.118. The highest BCUT2D eigenvalue weighted by Crippen LogP contribution is 2.17. The van der Waals surface area contributed by atoms with Crippen LogP contribution in [0.4, 0.5) is 11.5 Å². The van der Waals surface area contributed by atoms with Crippen LogP contribution in [0.15, 0.2) is 43.4 Å². The zero-order valence-corrected chi connectivity index (χ0v) is 17.4. The molecule has 0 aliphatic rings. The normalized spacial score (nSPS) is 11.0. The Bertz CT molecular complexity index is 1280. The molecule has 3 aromatic rings. The SMILES string of the molecule is CCn1c(N)c(N(C)C(=O)CCn2cnc3ccc(Br)cc3c2=O)c(=O)[nH]c1=O. The summed E-state index contributed by atoms with van der Waals surface area (Å²) in [5, 5.41) is 0.429. The standard InChI is InChI=1S/C18H19BrN6O4/c1-3-25-15(20)14(16(27)22-18(25)29)23(2)13(26)6-7-24-9-21-12-5-4-10(19)8-11(12)17(24)28/h4-5,8-9H,3,6-7,20H2,1-2H3,(H,22,27,29). The monoisotopic (exact) mass is 462 g/mol. The van der Waals surface area contributed by atoms with Gasteiger partial charge in [-0.2, -0.15) is 0 Å². The summed E-state index contributed by atoms with van der Waals surface area (Å²) in [5.41, 5.74) is 4.71. The molecule has 1 aromatic carbocycles. The number of halogens is 1. The van der Waals surface area contributed by atoms with E-state index in [2.05, 4.69) is 25.9 Å². The Morgan fingerprint density at radius 3 is 2.72 bits per heavy atom. The predicted octanol–water partition coefficient (Wildman–Crippen LogP) is 0.664. The maximum Gasteiger partial charge on any atom is 0.330 e. The van der Waals surface area contributed by atoms with Crippen LogP contribution in [0.25, 0.3) is 10.9 Å². The topological polar surface area (TPSA) is 136 Å². The third kappa shape index (κ3) is 3.86. The maximum atomic E-state index is 12.6. The van der Waals surface area contributed by atoms with Gasteiger partial charge in [0.2, 0.25) is 5.91 Å². The molecular formula is C18H19BrN6O4. The van der Waals surface area contributed by atoms with Gasteiger partial charge in [-0.15, -0.1) is 0 Å². The largest absolute Gasteiger partial charge is 0.383 e. The Morgan fingerprint density at radius 2 is 2.03 bits per heavy atom. The van der Waals surface area contributed by atoms with E-state index in [1.807, 2.05) is 0 Å². The van der Waals surface area contributed by atoms with Crippen molar-refractivity contribution in [2.24, 2.45) is 0 Å². The van der Waals surface area contributed by atoms with E-state index in [9.17, 15) is 19.2 Å². The summed E-state index contributed by atoms with van der Waals surface area (Å²) in [4.78, 5) is 56.7. The second-order valence-electron chi connectivity index (χ2n) is 6.34. The lowest BCUT2D eigenvalue weighted by Crippen LogP contribution is -2.39. The fraction of sp³-hybridized carbons (Fsp3) is 0.278. The van der Waals surface area contributed by atoms with Crippen LogP contribution >= 0.6 is 15.9 Å². The lowest BCUT2D eigenvalue weighted by Gasteiger charge is -2.20. The second-order valence-corrected chi connectivity index (χ2v) is 7.26. The van der Waals surface area contributed by atoms with Gasteiger partial charge in [-0.1, -0.05) is 15.9 Å². The number of carbonyl (C=O) groups excluding carboxylic acids is 1. The molecule has 0 saturated heterocycles. The molecule has 0 radical (unpaired) electrons. The number of aryl methyl sites for hydroxylation is 1. The number of aromatic nitrogens is 4. The van der Waals surface area contributed by atoms with Crippen LogP contribution in [0.1, 0.15) is 13.3 Å². The molecule has 0 saturated carbocycles. The fourth-order valence-corrected chi connectivity index (χ4v) is 3.38. The highest BCUT2D eigenvalue weighted by atomic mass is 79.9. The number of hydrogen-bond acceptors (Lipinski definition) is 6. The van der Waals surface area contributed by atoms with Crippen molar-refractivity contribution in [1.29, 1.82) is 0 Å². The highest BCUT2D eigenvalue weighted by Gasteiger charge is 2.20. The number of fused-ring (bicyclic) bond motifs is 1. The zero-order chi connectivity index (χ0) is 21.3. The number of nitrogen functional groups attached to an aromatic ring is 1. The first kappa shape index (κ1) is 20.5. The molecule has 0 atom stereocenters. The van der Waals surface area contributed by atoms with Crippen LogP contribution in [0.2, 0.25) is 0 Å². The molecule has 1 amide bonds. The molecule has 152 valence electrons. The molecular weight excluding hydrogens is 444 g/mol. The van der Waals surface area contributed by atoms with Gasteiger partial charge in [0.1, 0.15) is 5.82 Å². The van der Waals surface area contributed by atoms with Crippen LogP contribution in [-0.4, -0.2) is 32.1 Å². The van der Waals surface area contributed by atoms with Gasteiger partial charge in [-0.25, -0.2) is 9.78 Å². The number of benzene rings is 1. The molecule has 0 spiro atoms. The van der Waals surface area contributed by atoms with Crippen molar-refractivity contribution < 1.29 is 4.79 Å². The lowest BCUT2D eigenvalue weighted by atomic mass is 10.2. The minimum absolute atomic E-state index is 0.0677. The van der Waals surface area contributed by atoms with Crippen molar-refractivity contribution >= 4 is 44.2 Å². The molecule has 0 unspecified atom stereocenters. The van der Waals surface area contributed by atoms with Crippen LogP contribution in [0.3, 0.4) is 0 Å². The highest BCUT2D eigenvalue weighted by molar-refractivity contribution is 9.10. The van der Waals surface area contributed by atoms with Crippen molar-refractivity contribution in [1.82, 2.24) is 19.1 Å². The summed E-state index contributed by atoms with van der Waals surface area (Å²) in [6.45, 7) is 2.01. The quantitative estimate of drug-likeness (QED) is 0.571. The summed E-state index contributed by atoms with van der Waals surface area (Å²) in [7, 11) is 1.40. The Kier molecular flexibility index (Phi) is 5.69. The van der Waals surface area contributed by atoms with E-state index in [-0.39, 0.29) is 36.6 Å². The number of hydrogen-bond donors (Lipinski definition) is 2. The fourth-order valence-electron chi connectivity index (χ4n) is 3.01. The van der Waals surface area contributed by atoms with Gasteiger partial charge in [0.25, 0.3) is 11.1 Å². The van der Waals surface area contributed by atoms with Gasteiger partial charge in [-0.05, 0) is 25.1 Å². The summed E-state index contributed by atoms with van der Waals surface area (Å²) in [6.07, 6.45) is 1.31. The molecule has 0 bridgehead atoms. The molecule has 29 heavy (non-hydrogen) atoms.